The Morgan fingerprint density at radius 3 is 2.32 bits per heavy atom. The minimum absolute atomic E-state index is 0.0781. The summed E-state index contributed by atoms with van der Waals surface area (Å²) in [7, 11) is 0. The van der Waals surface area contributed by atoms with Crippen LogP contribution in [0.1, 0.15) is 21.5 Å². The predicted molar refractivity (Wildman–Crippen MR) is 94.6 cm³/mol. The lowest BCUT2D eigenvalue weighted by molar-refractivity contribution is -0.118. The minimum atomic E-state index is -0.216. The zero-order chi connectivity index (χ0) is 16.1. The van der Waals surface area contributed by atoms with Crippen LogP contribution in [-0.4, -0.2) is 18.8 Å². The third-order valence-corrected chi connectivity index (χ3v) is 3.77. The molecule has 0 saturated heterocycles. The van der Waals surface area contributed by atoms with Crippen LogP contribution in [0.25, 0.3) is 0 Å². The largest absolute Gasteiger partial charge is 0.484 e. The van der Waals surface area contributed by atoms with Crippen molar-refractivity contribution < 1.29 is 14.3 Å². The van der Waals surface area contributed by atoms with E-state index in [-0.39, 0.29) is 12.5 Å². The molecule has 0 atom stereocenters. The number of rotatable bonds is 5. The van der Waals surface area contributed by atoms with Crippen molar-refractivity contribution in [3.05, 3.63) is 56.7 Å². The predicted octanol–water partition coefficient (Wildman–Crippen LogP) is 3.74. The van der Waals surface area contributed by atoms with Crippen LogP contribution >= 0.6 is 22.6 Å². The van der Waals surface area contributed by atoms with E-state index in [1.54, 1.807) is 24.3 Å². The zero-order valence-electron chi connectivity index (χ0n) is 12.4. The second-order valence-electron chi connectivity index (χ2n) is 4.94. The van der Waals surface area contributed by atoms with Crippen LogP contribution in [0.2, 0.25) is 0 Å². The van der Waals surface area contributed by atoms with Gasteiger partial charge in [-0.15, -0.1) is 0 Å². The van der Waals surface area contributed by atoms with Gasteiger partial charge in [-0.05, 0) is 84.0 Å². The number of carbonyl (C=O) groups is 2. The molecule has 1 N–H and O–H groups in total. The number of anilines is 1. The van der Waals surface area contributed by atoms with Gasteiger partial charge in [-0.3, -0.25) is 9.59 Å². The van der Waals surface area contributed by atoms with Gasteiger partial charge >= 0.3 is 0 Å². The molecule has 0 bridgehead atoms. The van der Waals surface area contributed by atoms with Gasteiger partial charge in [0.25, 0.3) is 5.91 Å². The standard InChI is InChI=1S/C17H16INO3/c1-11-7-14(18)8-12(2)17(11)19-16(21)10-22-15-5-3-13(9-20)4-6-15/h3-9H,10H2,1-2H3,(H,19,21). The van der Waals surface area contributed by atoms with Crippen molar-refractivity contribution in [3.63, 3.8) is 0 Å². The first-order chi connectivity index (χ1) is 10.5. The molecule has 2 aromatic rings. The molecule has 0 heterocycles. The second kappa shape index (κ2) is 7.40. The van der Waals surface area contributed by atoms with Crippen molar-refractivity contribution >= 4 is 40.5 Å². The van der Waals surface area contributed by atoms with Crippen LogP contribution in [0.3, 0.4) is 0 Å². The number of aldehydes is 1. The maximum atomic E-state index is 12.0. The number of hydrogen-bond donors (Lipinski definition) is 1. The molecule has 0 aliphatic heterocycles. The molecular formula is C17H16INO3. The molecule has 0 unspecified atom stereocenters. The van der Waals surface area contributed by atoms with Gasteiger partial charge in [0.2, 0.25) is 0 Å². The maximum Gasteiger partial charge on any atom is 0.262 e. The normalized spacial score (nSPS) is 10.1. The fourth-order valence-electron chi connectivity index (χ4n) is 2.07. The van der Waals surface area contributed by atoms with Crippen molar-refractivity contribution in [2.75, 3.05) is 11.9 Å². The summed E-state index contributed by atoms with van der Waals surface area (Å²) in [5, 5.41) is 2.88. The van der Waals surface area contributed by atoms with Crippen molar-refractivity contribution in [1.29, 1.82) is 0 Å². The van der Waals surface area contributed by atoms with E-state index in [4.69, 9.17) is 4.74 Å². The summed E-state index contributed by atoms with van der Waals surface area (Å²) in [6, 6.07) is 10.7. The number of hydrogen-bond acceptors (Lipinski definition) is 3. The second-order valence-corrected chi connectivity index (χ2v) is 6.18. The molecule has 0 aromatic heterocycles. The van der Waals surface area contributed by atoms with Crippen molar-refractivity contribution in [3.8, 4) is 5.75 Å². The summed E-state index contributed by atoms with van der Waals surface area (Å²) in [4.78, 5) is 22.6. The maximum absolute atomic E-state index is 12.0. The first kappa shape index (κ1) is 16.5. The first-order valence-electron chi connectivity index (χ1n) is 6.74. The molecule has 114 valence electrons. The topological polar surface area (TPSA) is 55.4 Å². The van der Waals surface area contributed by atoms with Crippen LogP contribution in [0.5, 0.6) is 5.75 Å². The zero-order valence-corrected chi connectivity index (χ0v) is 14.5. The van der Waals surface area contributed by atoms with Crippen LogP contribution in [0, 0.1) is 17.4 Å². The molecule has 5 heteroatoms. The van der Waals surface area contributed by atoms with Gasteiger partial charge in [-0.1, -0.05) is 0 Å². The van der Waals surface area contributed by atoms with E-state index in [0.717, 1.165) is 26.7 Å². The lowest BCUT2D eigenvalue weighted by Crippen LogP contribution is -2.21. The summed E-state index contributed by atoms with van der Waals surface area (Å²) in [5.74, 6) is 0.337. The highest BCUT2D eigenvalue weighted by Crippen LogP contribution is 2.23. The van der Waals surface area contributed by atoms with Crippen LogP contribution in [0.4, 0.5) is 5.69 Å². The number of ether oxygens (including phenoxy) is 1. The minimum Gasteiger partial charge on any atom is -0.484 e. The Hall–Kier alpha value is -1.89. The van der Waals surface area contributed by atoms with E-state index in [0.29, 0.717) is 11.3 Å². The third-order valence-electron chi connectivity index (χ3n) is 3.15. The van der Waals surface area contributed by atoms with Gasteiger partial charge < -0.3 is 10.1 Å². The van der Waals surface area contributed by atoms with E-state index in [2.05, 4.69) is 27.9 Å². The van der Waals surface area contributed by atoms with Crippen LogP contribution < -0.4 is 10.1 Å². The lowest BCUT2D eigenvalue weighted by atomic mass is 10.1. The quantitative estimate of drug-likeness (QED) is 0.605. The molecule has 1 amide bonds. The van der Waals surface area contributed by atoms with E-state index < -0.39 is 0 Å². The number of carbonyl (C=O) groups excluding carboxylic acids is 2. The summed E-state index contributed by atoms with van der Waals surface area (Å²) in [6.07, 6.45) is 0.763. The lowest BCUT2D eigenvalue weighted by Gasteiger charge is -2.13. The highest BCUT2D eigenvalue weighted by Gasteiger charge is 2.09. The third kappa shape index (κ3) is 4.30. The van der Waals surface area contributed by atoms with Gasteiger partial charge in [0.15, 0.2) is 6.61 Å². The Morgan fingerprint density at radius 2 is 1.77 bits per heavy atom. The van der Waals surface area contributed by atoms with Gasteiger partial charge in [0.05, 0.1) is 0 Å². The number of amides is 1. The van der Waals surface area contributed by atoms with Gasteiger partial charge in [-0.2, -0.15) is 0 Å². The van der Waals surface area contributed by atoms with Crippen molar-refractivity contribution in [1.82, 2.24) is 0 Å². The molecule has 0 spiro atoms. The first-order valence-corrected chi connectivity index (χ1v) is 7.82. The van der Waals surface area contributed by atoms with E-state index in [1.807, 2.05) is 26.0 Å². The fraction of sp³-hybridized carbons (Fsp3) is 0.176. The number of halogens is 1. The highest BCUT2D eigenvalue weighted by molar-refractivity contribution is 14.1. The molecule has 0 saturated carbocycles. The molecule has 2 rings (SSSR count). The molecule has 2 aromatic carbocycles. The van der Waals surface area contributed by atoms with Crippen LogP contribution in [-0.2, 0) is 4.79 Å². The smallest absolute Gasteiger partial charge is 0.262 e. The van der Waals surface area contributed by atoms with E-state index in [1.165, 1.54) is 0 Å². The SMILES string of the molecule is Cc1cc(I)cc(C)c1NC(=O)COc1ccc(C=O)cc1. The molecule has 4 nitrogen and oxygen atoms in total. The van der Waals surface area contributed by atoms with E-state index in [9.17, 15) is 9.59 Å². The fourth-order valence-corrected chi connectivity index (χ4v) is 3.01. The van der Waals surface area contributed by atoms with Gasteiger partial charge in [0, 0.05) is 14.8 Å². The summed E-state index contributed by atoms with van der Waals surface area (Å²) in [6.45, 7) is 3.85. The number of aryl methyl sites for hydroxylation is 2. The highest BCUT2D eigenvalue weighted by atomic mass is 127. The van der Waals surface area contributed by atoms with Gasteiger partial charge in [-0.25, -0.2) is 0 Å². The average molecular weight is 409 g/mol. The molecular weight excluding hydrogens is 393 g/mol. The summed E-state index contributed by atoms with van der Waals surface area (Å²) in [5.41, 5.74) is 3.44. The Morgan fingerprint density at radius 1 is 1.18 bits per heavy atom. The van der Waals surface area contributed by atoms with Crippen molar-refractivity contribution in [2.45, 2.75) is 13.8 Å². The molecule has 0 aliphatic carbocycles. The van der Waals surface area contributed by atoms with Crippen LogP contribution in [0.15, 0.2) is 36.4 Å². The monoisotopic (exact) mass is 409 g/mol. The molecule has 22 heavy (non-hydrogen) atoms. The van der Waals surface area contributed by atoms with Gasteiger partial charge in [0.1, 0.15) is 12.0 Å². The molecule has 0 aliphatic rings. The molecule has 0 fully saturated rings. The Bertz CT molecular complexity index is 673. The molecule has 0 radical (unpaired) electrons. The summed E-state index contributed by atoms with van der Waals surface area (Å²) >= 11 is 2.25. The summed E-state index contributed by atoms with van der Waals surface area (Å²) < 4.78 is 6.55. The average Bonchev–Trinajstić information content (AvgIpc) is 2.49. The Kier molecular flexibility index (Phi) is 5.54. The Labute approximate surface area is 143 Å². The van der Waals surface area contributed by atoms with E-state index >= 15 is 0 Å². The Balaban J connectivity index is 1.97. The number of nitrogens with one attached hydrogen (secondary N) is 1. The van der Waals surface area contributed by atoms with Crippen molar-refractivity contribution in [2.24, 2.45) is 0 Å². The number of benzene rings is 2.